The molecular weight excluding hydrogens is 396 g/mol. The van der Waals surface area contributed by atoms with Crippen molar-refractivity contribution in [2.45, 2.75) is 59.0 Å². The predicted octanol–water partition coefficient (Wildman–Crippen LogP) is 5.41. The highest BCUT2D eigenvalue weighted by Gasteiger charge is 2.19. The summed E-state index contributed by atoms with van der Waals surface area (Å²) in [6.45, 7) is 13.1. The molecule has 174 valence electrons. The molecule has 2 aromatic rings. The van der Waals surface area contributed by atoms with Crippen LogP contribution >= 0.6 is 0 Å². The Hall–Kier alpha value is -2.53. The molecule has 0 spiro atoms. The van der Waals surface area contributed by atoms with Crippen LogP contribution in [-0.2, 0) is 12.0 Å². The van der Waals surface area contributed by atoms with Crippen molar-refractivity contribution < 1.29 is 4.74 Å². The third-order valence-electron chi connectivity index (χ3n) is 6.04. The van der Waals surface area contributed by atoms with Crippen molar-refractivity contribution in [1.82, 2.24) is 4.90 Å². The van der Waals surface area contributed by atoms with Gasteiger partial charge in [-0.15, -0.1) is 0 Å². The lowest BCUT2D eigenvalue weighted by Crippen LogP contribution is -2.42. The lowest BCUT2D eigenvalue weighted by Gasteiger charge is -2.33. The highest BCUT2D eigenvalue weighted by molar-refractivity contribution is 5.93. The van der Waals surface area contributed by atoms with Gasteiger partial charge in [-0.2, -0.15) is 0 Å². The third-order valence-corrected chi connectivity index (χ3v) is 6.04. The van der Waals surface area contributed by atoms with Crippen LogP contribution in [0.3, 0.4) is 0 Å². The van der Waals surface area contributed by atoms with E-state index in [1.165, 1.54) is 24.0 Å². The normalized spacial score (nSPS) is 15.7. The second-order valence-corrected chi connectivity index (χ2v) is 9.90. The van der Waals surface area contributed by atoms with Crippen LogP contribution in [0.4, 0.5) is 5.69 Å². The molecule has 5 nitrogen and oxygen atoms in total. The van der Waals surface area contributed by atoms with Gasteiger partial charge in [0.2, 0.25) is 0 Å². The second kappa shape index (κ2) is 11.4. The zero-order chi connectivity index (χ0) is 23.0. The first kappa shape index (κ1) is 24.1. The minimum atomic E-state index is 0.168. The molecule has 32 heavy (non-hydrogen) atoms. The maximum atomic E-state index is 6.00. The summed E-state index contributed by atoms with van der Waals surface area (Å²) >= 11 is 0. The first-order chi connectivity index (χ1) is 15.3. The van der Waals surface area contributed by atoms with Gasteiger partial charge >= 0.3 is 0 Å². The topological polar surface area (TPSA) is 62.9 Å². The van der Waals surface area contributed by atoms with Gasteiger partial charge in [0, 0.05) is 25.3 Å². The van der Waals surface area contributed by atoms with Crippen LogP contribution in [0.25, 0.3) is 0 Å². The molecular formula is C27H40N4O. The minimum Gasteiger partial charge on any atom is -0.489 e. The molecule has 5 heteroatoms. The largest absolute Gasteiger partial charge is 0.489 e. The Morgan fingerprint density at radius 3 is 2.31 bits per heavy atom. The summed E-state index contributed by atoms with van der Waals surface area (Å²) in [7, 11) is 0. The van der Waals surface area contributed by atoms with Gasteiger partial charge in [-0.1, -0.05) is 52.0 Å². The van der Waals surface area contributed by atoms with Crippen LogP contribution in [0.1, 0.15) is 58.1 Å². The van der Waals surface area contributed by atoms with E-state index in [0.29, 0.717) is 13.2 Å². The smallest absolute Gasteiger partial charge is 0.198 e. The van der Waals surface area contributed by atoms with Crippen LogP contribution in [0, 0.1) is 5.92 Å². The fraction of sp³-hybridized carbons (Fsp3) is 0.519. The van der Waals surface area contributed by atoms with Crippen molar-refractivity contribution >= 4 is 11.6 Å². The SMILES string of the molecule is CC1CCN(C(=NCCCN)Nc2ccc(OCc3ccc(C(C)(C)C)cc3)cc2)CC1. The average molecular weight is 437 g/mol. The van der Waals surface area contributed by atoms with E-state index in [9.17, 15) is 0 Å². The highest BCUT2D eigenvalue weighted by atomic mass is 16.5. The molecule has 0 unspecified atom stereocenters. The van der Waals surface area contributed by atoms with Gasteiger partial charge in [0.25, 0.3) is 0 Å². The van der Waals surface area contributed by atoms with Crippen molar-refractivity contribution in [3.05, 3.63) is 59.7 Å². The van der Waals surface area contributed by atoms with Gasteiger partial charge in [0.05, 0.1) is 0 Å². The molecule has 0 aliphatic carbocycles. The number of anilines is 1. The Labute approximate surface area is 194 Å². The van der Waals surface area contributed by atoms with Crippen molar-refractivity contribution in [3.8, 4) is 5.75 Å². The number of nitrogens with one attached hydrogen (secondary N) is 1. The minimum absolute atomic E-state index is 0.168. The lowest BCUT2D eigenvalue weighted by molar-refractivity contribution is 0.279. The molecule has 1 saturated heterocycles. The van der Waals surface area contributed by atoms with E-state index in [1.54, 1.807) is 0 Å². The van der Waals surface area contributed by atoms with Crippen LogP contribution in [0.15, 0.2) is 53.5 Å². The van der Waals surface area contributed by atoms with Gasteiger partial charge in [0.1, 0.15) is 12.4 Å². The summed E-state index contributed by atoms with van der Waals surface area (Å²) < 4.78 is 6.00. The Morgan fingerprint density at radius 2 is 1.72 bits per heavy atom. The first-order valence-corrected chi connectivity index (χ1v) is 11.9. The van der Waals surface area contributed by atoms with Crippen LogP contribution in [-0.4, -0.2) is 37.0 Å². The quantitative estimate of drug-likeness (QED) is 0.346. The molecule has 1 aliphatic rings. The lowest BCUT2D eigenvalue weighted by atomic mass is 9.87. The molecule has 3 N–H and O–H groups in total. The number of guanidine groups is 1. The zero-order valence-corrected chi connectivity index (χ0v) is 20.2. The van der Waals surface area contributed by atoms with E-state index in [2.05, 4.69) is 74.3 Å². The van der Waals surface area contributed by atoms with Crippen LogP contribution in [0.5, 0.6) is 5.75 Å². The van der Waals surface area contributed by atoms with E-state index in [4.69, 9.17) is 15.5 Å². The molecule has 0 aromatic heterocycles. The molecule has 1 fully saturated rings. The van der Waals surface area contributed by atoms with E-state index >= 15 is 0 Å². The summed E-state index contributed by atoms with van der Waals surface area (Å²) in [6.07, 6.45) is 3.32. The molecule has 3 rings (SSSR count). The zero-order valence-electron chi connectivity index (χ0n) is 20.2. The number of hydrogen-bond acceptors (Lipinski definition) is 3. The number of piperidine rings is 1. The van der Waals surface area contributed by atoms with Crippen molar-refractivity contribution in [2.24, 2.45) is 16.6 Å². The second-order valence-electron chi connectivity index (χ2n) is 9.90. The Kier molecular flexibility index (Phi) is 8.57. The van der Waals surface area contributed by atoms with E-state index < -0.39 is 0 Å². The summed E-state index contributed by atoms with van der Waals surface area (Å²) in [5.74, 6) is 2.61. The number of rotatable bonds is 7. The predicted molar refractivity (Wildman–Crippen MR) is 135 cm³/mol. The van der Waals surface area contributed by atoms with E-state index in [0.717, 1.165) is 49.4 Å². The van der Waals surface area contributed by atoms with Gasteiger partial charge in [-0.3, -0.25) is 4.99 Å². The maximum absolute atomic E-state index is 6.00. The number of likely N-dealkylation sites (tertiary alicyclic amines) is 1. The number of benzene rings is 2. The Bertz CT molecular complexity index is 845. The van der Waals surface area contributed by atoms with Gasteiger partial charge in [-0.25, -0.2) is 0 Å². The van der Waals surface area contributed by atoms with Crippen molar-refractivity contribution in [2.75, 3.05) is 31.5 Å². The number of aliphatic imine (C=N–C) groups is 1. The van der Waals surface area contributed by atoms with Gasteiger partial charge in [0.15, 0.2) is 5.96 Å². The molecule has 0 amide bonds. The summed E-state index contributed by atoms with van der Waals surface area (Å²) in [4.78, 5) is 7.16. The van der Waals surface area contributed by atoms with Gasteiger partial charge in [-0.05, 0) is 72.5 Å². The highest BCUT2D eigenvalue weighted by Crippen LogP contribution is 2.23. The Morgan fingerprint density at radius 1 is 1.06 bits per heavy atom. The number of ether oxygens (including phenoxy) is 1. The van der Waals surface area contributed by atoms with Gasteiger partial charge < -0.3 is 20.7 Å². The number of hydrogen-bond donors (Lipinski definition) is 2. The Balaban J connectivity index is 1.57. The summed E-state index contributed by atoms with van der Waals surface area (Å²) in [5.41, 5.74) is 9.36. The molecule has 0 bridgehead atoms. The fourth-order valence-corrected chi connectivity index (χ4v) is 3.75. The monoisotopic (exact) mass is 436 g/mol. The molecule has 0 radical (unpaired) electrons. The summed E-state index contributed by atoms with van der Waals surface area (Å²) in [5, 5.41) is 3.52. The number of nitrogens with two attached hydrogens (primary N) is 1. The van der Waals surface area contributed by atoms with Crippen LogP contribution < -0.4 is 15.8 Å². The molecule has 1 heterocycles. The van der Waals surface area contributed by atoms with E-state index in [1.807, 2.05) is 12.1 Å². The molecule has 0 saturated carbocycles. The fourth-order valence-electron chi connectivity index (χ4n) is 3.75. The van der Waals surface area contributed by atoms with E-state index in [-0.39, 0.29) is 5.41 Å². The molecule has 0 atom stereocenters. The number of nitrogens with zero attached hydrogens (tertiary/aromatic N) is 2. The third kappa shape index (κ3) is 7.27. The standard InChI is InChI=1S/C27H40N4O/c1-21-14-18-31(19-15-21)26(29-17-5-16-28)30-24-10-12-25(13-11-24)32-20-22-6-8-23(9-7-22)27(2,3)4/h6-13,21H,5,14-20,28H2,1-4H3,(H,29,30). The van der Waals surface area contributed by atoms with Crippen molar-refractivity contribution in [3.63, 3.8) is 0 Å². The maximum Gasteiger partial charge on any atom is 0.198 e. The first-order valence-electron chi connectivity index (χ1n) is 11.9. The van der Waals surface area contributed by atoms with Crippen LogP contribution in [0.2, 0.25) is 0 Å². The molecule has 1 aliphatic heterocycles. The van der Waals surface area contributed by atoms with Crippen molar-refractivity contribution in [1.29, 1.82) is 0 Å². The summed E-state index contributed by atoms with van der Waals surface area (Å²) in [6, 6.07) is 16.8. The average Bonchev–Trinajstić information content (AvgIpc) is 2.78. The molecule has 2 aromatic carbocycles.